The predicted octanol–water partition coefficient (Wildman–Crippen LogP) is 0.601. The molecule has 0 radical (unpaired) electrons. The summed E-state index contributed by atoms with van der Waals surface area (Å²) in [4.78, 5) is 38.3. The van der Waals surface area contributed by atoms with Gasteiger partial charge in [0.25, 0.3) is 17.7 Å². The van der Waals surface area contributed by atoms with Crippen LogP contribution in [0.1, 0.15) is 46.5 Å². The van der Waals surface area contributed by atoms with E-state index in [4.69, 9.17) is 15.1 Å². The average molecular weight is 498 g/mol. The summed E-state index contributed by atoms with van der Waals surface area (Å²) < 4.78 is 5.30. The van der Waals surface area contributed by atoms with Gasteiger partial charge in [-0.2, -0.15) is 0 Å². The lowest BCUT2D eigenvalue weighted by Gasteiger charge is -2.34. The van der Waals surface area contributed by atoms with Crippen molar-refractivity contribution in [3.8, 4) is 11.8 Å². The molecule has 36 heavy (non-hydrogen) atoms. The number of carbonyl (C=O) groups excluding carboxylic acids is 3. The highest BCUT2D eigenvalue weighted by molar-refractivity contribution is 6.12. The number of carbonyl (C=O) groups is 3. The van der Waals surface area contributed by atoms with E-state index in [2.05, 4.69) is 17.2 Å². The Morgan fingerprint density at radius 2 is 1.58 bits per heavy atom. The van der Waals surface area contributed by atoms with Crippen LogP contribution in [-0.2, 0) is 14.3 Å². The molecule has 5 N–H and O–H groups in total. The summed E-state index contributed by atoms with van der Waals surface area (Å²) >= 11 is 0. The van der Waals surface area contributed by atoms with Crippen molar-refractivity contribution in [1.82, 2.24) is 15.7 Å². The SMILES string of the molecule is CNC(=O)[C@@](C)(C(=O)NO)N(C)C(=O)c1ccc(C#Cc2ccc([C@@H](O)COCCCO)cc2)cc1. The molecule has 0 bridgehead atoms. The number of likely N-dealkylation sites (N-methyl/N-ethyl adjacent to an activating group) is 2. The summed E-state index contributed by atoms with van der Waals surface area (Å²) in [6, 6.07) is 13.4. The molecule has 0 aliphatic carbocycles. The van der Waals surface area contributed by atoms with Crippen molar-refractivity contribution >= 4 is 17.7 Å². The Labute approximate surface area is 209 Å². The summed E-state index contributed by atoms with van der Waals surface area (Å²) in [5.41, 5.74) is 1.74. The Kier molecular flexibility index (Phi) is 10.6. The number of hydroxylamine groups is 1. The van der Waals surface area contributed by atoms with Crippen molar-refractivity contribution in [1.29, 1.82) is 0 Å². The minimum absolute atomic E-state index is 0.0417. The Morgan fingerprint density at radius 3 is 2.08 bits per heavy atom. The Balaban J connectivity index is 2.09. The van der Waals surface area contributed by atoms with Crippen LogP contribution < -0.4 is 10.8 Å². The number of nitrogens with zero attached hydrogens (tertiary/aromatic N) is 1. The molecule has 0 spiro atoms. The molecule has 10 nitrogen and oxygen atoms in total. The van der Waals surface area contributed by atoms with Crippen molar-refractivity contribution in [2.45, 2.75) is 25.0 Å². The van der Waals surface area contributed by atoms with Crippen LogP contribution in [-0.4, -0.2) is 77.5 Å². The number of amides is 3. The number of hydrogen-bond acceptors (Lipinski definition) is 7. The Bertz CT molecular complexity index is 1090. The second kappa shape index (κ2) is 13.4. The molecule has 3 amide bonds. The molecule has 2 aromatic carbocycles. The fourth-order valence-corrected chi connectivity index (χ4v) is 3.24. The molecule has 0 heterocycles. The van der Waals surface area contributed by atoms with Gasteiger partial charge >= 0.3 is 0 Å². The molecule has 2 rings (SSSR count). The largest absolute Gasteiger partial charge is 0.396 e. The van der Waals surface area contributed by atoms with Crippen molar-refractivity contribution in [3.05, 3.63) is 70.8 Å². The van der Waals surface area contributed by atoms with Crippen LogP contribution in [0.2, 0.25) is 0 Å². The smallest absolute Gasteiger partial charge is 0.278 e. The van der Waals surface area contributed by atoms with E-state index >= 15 is 0 Å². The lowest BCUT2D eigenvalue weighted by molar-refractivity contribution is -0.148. The Hall–Kier alpha value is -3.75. The fourth-order valence-electron chi connectivity index (χ4n) is 3.24. The quantitative estimate of drug-likeness (QED) is 0.106. The van der Waals surface area contributed by atoms with Crippen LogP contribution in [0.4, 0.5) is 0 Å². The van der Waals surface area contributed by atoms with Gasteiger partial charge in [-0.1, -0.05) is 24.0 Å². The van der Waals surface area contributed by atoms with E-state index < -0.39 is 29.4 Å². The van der Waals surface area contributed by atoms with Gasteiger partial charge in [-0.25, -0.2) is 5.48 Å². The predicted molar refractivity (Wildman–Crippen MR) is 131 cm³/mol. The van der Waals surface area contributed by atoms with Crippen LogP contribution in [0.25, 0.3) is 0 Å². The van der Waals surface area contributed by atoms with Crippen LogP contribution in [0.15, 0.2) is 48.5 Å². The van der Waals surface area contributed by atoms with Crippen molar-refractivity contribution in [2.24, 2.45) is 0 Å². The second-order valence-corrected chi connectivity index (χ2v) is 8.07. The number of benzene rings is 2. The number of hydrogen-bond donors (Lipinski definition) is 5. The molecular weight excluding hydrogens is 466 g/mol. The van der Waals surface area contributed by atoms with Gasteiger partial charge in [0.2, 0.25) is 0 Å². The zero-order chi connectivity index (χ0) is 26.7. The van der Waals surface area contributed by atoms with E-state index in [1.165, 1.54) is 38.6 Å². The highest BCUT2D eigenvalue weighted by atomic mass is 16.5. The molecule has 0 aromatic heterocycles. The first-order valence-electron chi connectivity index (χ1n) is 11.2. The van der Waals surface area contributed by atoms with Crippen LogP contribution in [0.3, 0.4) is 0 Å². The molecular formula is C26H31N3O7. The summed E-state index contributed by atoms with van der Waals surface area (Å²) in [6.07, 6.45) is -0.258. The highest BCUT2D eigenvalue weighted by Gasteiger charge is 2.47. The van der Waals surface area contributed by atoms with E-state index in [-0.39, 0.29) is 18.8 Å². The van der Waals surface area contributed by atoms with E-state index in [0.29, 0.717) is 24.2 Å². The van der Waals surface area contributed by atoms with E-state index in [1.807, 2.05) is 0 Å². The first kappa shape index (κ1) is 28.5. The fraction of sp³-hybridized carbons (Fsp3) is 0.346. The topological polar surface area (TPSA) is 148 Å². The maximum atomic E-state index is 12.9. The number of aliphatic hydroxyl groups excluding tert-OH is 2. The minimum atomic E-state index is -1.97. The molecule has 0 aliphatic heterocycles. The molecule has 0 saturated carbocycles. The molecule has 2 atom stereocenters. The summed E-state index contributed by atoms with van der Waals surface area (Å²) in [7, 11) is 2.62. The summed E-state index contributed by atoms with van der Waals surface area (Å²) in [6.45, 7) is 1.78. The zero-order valence-corrected chi connectivity index (χ0v) is 20.4. The third-order valence-electron chi connectivity index (χ3n) is 5.69. The third-order valence-corrected chi connectivity index (χ3v) is 5.69. The first-order valence-corrected chi connectivity index (χ1v) is 11.2. The maximum Gasteiger partial charge on any atom is 0.278 e. The highest BCUT2D eigenvalue weighted by Crippen LogP contribution is 2.18. The van der Waals surface area contributed by atoms with E-state index in [0.717, 1.165) is 10.5 Å². The van der Waals surface area contributed by atoms with E-state index in [1.54, 1.807) is 36.4 Å². The molecule has 192 valence electrons. The van der Waals surface area contributed by atoms with Crippen molar-refractivity contribution in [2.75, 3.05) is 33.9 Å². The third kappa shape index (κ3) is 6.90. The van der Waals surface area contributed by atoms with E-state index in [9.17, 15) is 19.5 Å². The molecule has 0 unspecified atom stereocenters. The molecule has 2 aromatic rings. The van der Waals surface area contributed by atoms with Gasteiger partial charge < -0.3 is 25.2 Å². The lowest BCUT2D eigenvalue weighted by Crippen LogP contribution is -2.64. The number of rotatable bonds is 10. The maximum absolute atomic E-state index is 12.9. The van der Waals surface area contributed by atoms with Gasteiger partial charge in [0, 0.05) is 44.0 Å². The van der Waals surface area contributed by atoms with Crippen LogP contribution in [0.5, 0.6) is 0 Å². The van der Waals surface area contributed by atoms with Gasteiger partial charge in [-0.15, -0.1) is 0 Å². The van der Waals surface area contributed by atoms with Gasteiger partial charge in [-0.3, -0.25) is 19.6 Å². The van der Waals surface area contributed by atoms with Gasteiger partial charge in [0.1, 0.15) is 6.10 Å². The molecule has 0 aliphatic rings. The Morgan fingerprint density at radius 1 is 1.03 bits per heavy atom. The number of ether oxygens (including phenoxy) is 1. The van der Waals surface area contributed by atoms with Crippen molar-refractivity contribution in [3.63, 3.8) is 0 Å². The lowest BCUT2D eigenvalue weighted by atomic mass is 9.96. The first-order chi connectivity index (χ1) is 17.2. The summed E-state index contributed by atoms with van der Waals surface area (Å²) in [5.74, 6) is 3.59. The van der Waals surface area contributed by atoms with Gasteiger partial charge in [0.15, 0.2) is 5.54 Å². The molecule has 0 saturated heterocycles. The van der Waals surface area contributed by atoms with Crippen LogP contribution in [0, 0.1) is 11.8 Å². The number of nitrogens with one attached hydrogen (secondary N) is 2. The second-order valence-electron chi connectivity index (χ2n) is 8.07. The standard InChI is InChI=1S/C26H31N3O7/c1-26(24(33)27-2,25(34)28-35)29(3)23(32)21-13-9-19(10-14-21)6-5-18-7-11-20(12-8-18)22(31)17-36-16-4-15-30/h7-14,22,30-31,35H,4,15-17H2,1-3H3,(H,27,33)(H,28,34)/t22-,26-/m0/s1. The molecule has 0 fully saturated rings. The zero-order valence-electron chi connectivity index (χ0n) is 20.4. The number of aliphatic hydroxyl groups is 2. The minimum Gasteiger partial charge on any atom is -0.396 e. The van der Waals surface area contributed by atoms with Crippen LogP contribution >= 0.6 is 0 Å². The summed E-state index contributed by atoms with van der Waals surface area (Å²) in [5, 5.41) is 30.3. The van der Waals surface area contributed by atoms with Gasteiger partial charge in [-0.05, 0) is 55.3 Å². The van der Waals surface area contributed by atoms with Crippen molar-refractivity contribution < 1.29 is 34.5 Å². The van der Waals surface area contributed by atoms with Gasteiger partial charge in [0.05, 0.1) is 6.61 Å². The molecule has 10 heteroatoms. The normalized spacial score (nSPS) is 12.9. The average Bonchev–Trinajstić information content (AvgIpc) is 2.92. The monoisotopic (exact) mass is 497 g/mol.